The molecule has 0 amide bonds. The van der Waals surface area contributed by atoms with Crippen molar-refractivity contribution in [3.05, 3.63) is 0 Å². The van der Waals surface area contributed by atoms with Gasteiger partial charge in [0.15, 0.2) is 11.6 Å². The molecule has 0 unspecified atom stereocenters. The van der Waals surface area contributed by atoms with Gasteiger partial charge in [0.05, 0.1) is 19.3 Å². The van der Waals surface area contributed by atoms with Crippen LogP contribution in [-0.4, -0.2) is 59.9 Å². The van der Waals surface area contributed by atoms with Gasteiger partial charge in [0.2, 0.25) is 0 Å². The first-order chi connectivity index (χ1) is 9.24. The Bertz CT molecular complexity index is 429. The van der Waals surface area contributed by atoms with E-state index in [1.54, 1.807) is 0 Å². The van der Waals surface area contributed by atoms with Crippen LogP contribution in [0.2, 0.25) is 0 Å². The van der Waals surface area contributed by atoms with E-state index in [2.05, 4.69) is 0 Å². The van der Waals surface area contributed by atoms with Crippen molar-refractivity contribution in [3.8, 4) is 0 Å². The second-order valence-electron chi connectivity index (χ2n) is 7.15. The third-order valence-electron chi connectivity index (χ3n) is 4.83. The maximum absolute atomic E-state index is 10.6. The van der Waals surface area contributed by atoms with E-state index in [1.165, 1.54) is 0 Å². The number of hydrogen-bond donors (Lipinski definition) is 1. The lowest BCUT2D eigenvalue weighted by atomic mass is 9.72. The van der Waals surface area contributed by atoms with Crippen molar-refractivity contribution >= 4 is 0 Å². The molecular formula is C14H22O6. The predicted octanol–water partition coefficient (Wildman–Crippen LogP) is 0.418. The van der Waals surface area contributed by atoms with Gasteiger partial charge in [-0.1, -0.05) is 0 Å². The highest BCUT2D eigenvalue weighted by Gasteiger charge is 2.72. The van der Waals surface area contributed by atoms with Crippen molar-refractivity contribution in [2.75, 3.05) is 13.2 Å². The van der Waals surface area contributed by atoms with E-state index >= 15 is 0 Å². The van der Waals surface area contributed by atoms with Gasteiger partial charge in [0, 0.05) is 5.92 Å². The zero-order valence-electron chi connectivity index (χ0n) is 12.3. The van der Waals surface area contributed by atoms with Crippen LogP contribution in [0.5, 0.6) is 0 Å². The van der Waals surface area contributed by atoms with Crippen molar-refractivity contribution in [2.45, 2.75) is 69.3 Å². The Morgan fingerprint density at radius 3 is 2.10 bits per heavy atom. The lowest BCUT2D eigenvalue weighted by molar-refractivity contribution is -0.332. The van der Waals surface area contributed by atoms with E-state index in [4.69, 9.17) is 23.7 Å². The number of aliphatic hydroxyl groups excluding tert-OH is 1. The fourth-order valence-electron chi connectivity index (χ4n) is 3.83. The Kier molecular flexibility index (Phi) is 2.51. The average molecular weight is 286 g/mol. The highest BCUT2D eigenvalue weighted by atomic mass is 16.8. The van der Waals surface area contributed by atoms with Gasteiger partial charge in [-0.15, -0.1) is 0 Å². The second-order valence-corrected chi connectivity index (χ2v) is 7.15. The van der Waals surface area contributed by atoms with Gasteiger partial charge in [0.1, 0.15) is 23.9 Å². The standard InChI is InChI=1S/C14H22O6/c1-12(2)16-5-7-8(18-12)9-10(20-13(3,4)19-9)11(15)14(7)6-17-14/h7-11,15H,5-6H2,1-4H3/t7-,8+,9-,10-,11-,14+/m0/s1. The molecule has 1 aliphatic carbocycles. The minimum atomic E-state index is -0.715. The molecule has 1 spiro atoms. The fourth-order valence-corrected chi connectivity index (χ4v) is 3.83. The summed E-state index contributed by atoms with van der Waals surface area (Å²) >= 11 is 0. The van der Waals surface area contributed by atoms with Crippen LogP contribution in [0, 0.1) is 5.92 Å². The van der Waals surface area contributed by atoms with Crippen LogP contribution >= 0.6 is 0 Å². The quantitative estimate of drug-likeness (QED) is 0.651. The molecule has 0 bridgehead atoms. The summed E-state index contributed by atoms with van der Waals surface area (Å²) in [6.07, 6.45) is -1.59. The first-order valence-corrected chi connectivity index (χ1v) is 7.24. The molecule has 6 heteroatoms. The minimum absolute atomic E-state index is 0.0238. The summed E-state index contributed by atoms with van der Waals surface area (Å²) in [6, 6.07) is 0. The second kappa shape index (κ2) is 3.74. The lowest BCUT2D eigenvalue weighted by Gasteiger charge is -2.50. The summed E-state index contributed by atoms with van der Waals surface area (Å²) in [4.78, 5) is 0. The van der Waals surface area contributed by atoms with Crippen molar-refractivity contribution in [3.63, 3.8) is 0 Å². The monoisotopic (exact) mass is 286 g/mol. The van der Waals surface area contributed by atoms with E-state index < -0.39 is 29.4 Å². The molecule has 0 radical (unpaired) electrons. The Morgan fingerprint density at radius 2 is 1.45 bits per heavy atom. The van der Waals surface area contributed by atoms with Gasteiger partial charge in [0.25, 0.3) is 0 Å². The molecule has 4 fully saturated rings. The van der Waals surface area contributed by atoms with Crippen molar-refractivity contribution in [1.82, 2.24) is 0 Å². The fraction of sp³-hybridized carbons (Fsp3) is 1.00. The van der Waals surface area contributed by atoms with Gasteiger partial charge in [-0.25, -0.2) is 0 Å². The molecule has 1 saturated carbocycles. The van der Waals surface area contributed by atoms with E-state index in [1.807, 2.05) is 27.7 Å². The predicted molar refractivity (Wildman–Crippen MR) is 66.9 cm³/mol. The molecule has 0 aromatic rings. The molecule has 4 aliphatic rings. The summed E-state index contributed by atoms with van der Waals surface area (Å²) in [5, 5.41) is 10.6. The Morgan fingerprint density at radius 1 is 0.850 bits per heavy atom. The van der Waals surface area contributed by atoms with E-state index in [-0.39, 0.29) is 18.1 Å². The molecule has 4 rings (SSSR count). The normalized spacial score (nSPS) is 55.4. The maximum atomic E-state index is 10.6. The minimum Gasteiger partial charge on any atom is -0.387 e. The van der Waals surface area contributed by atoms with Gasteiger partial charge in [-0.2, -0.15) is 0 Å². The smallest absolute Gasteiger partial charge is 0.164 e. The molecule has 3 aliphatic heterocycles. The Balaban J connectivity index is 1.70. The Labute approximate surface area is 118 Å². The van der Waals surface area contributed by atoms with Crippen LogP contribution in [0.25, 0.3) is 0 Å². The first-order valence-electron chi connectivity index (χ1n) is 7.24. The molecule has 6 atom stereocenters. The molecule has 0 aromatic heterocycles. The largest absolute Gasteiger partial charge is 0.387 e. The van der Waals surface area contributed by atoms with Crippen LogP contribution in [-0.2, 0) is 23.7 Å². The number of ether oxygens (including phenoxy) is 5. The van der Waals surface area contributed by atoms with Gasteiger partial charge >= 0.3 is 0 Å². The number of rotatable bonds is 0. The average Bonchev–Trinajstić information content (AvgIpc) is 3.05. The Hall–Kier alpha value is -0.240. The van der Waals surface area contributed by atoms with Gasteiger partial charge in [-0.05, 0) is 27.7 Å². The molecule has 20 heavy (non-hydrogen) atoms. The molecule has 114 valence electrons. The van der Waals surface area contributed by atoms with Crippen LogP contribution < -0.4 is 0 Å². The summed E-state index contributed by atoms with van der Waals surface area (Å²) in [7, 11) is 0. The summed E-state index contributed by atoms with van der Waals surface area (Å²) < 4.78 is 29.3. The van der Waals surface area contributed by atoms with E-state index in [9.17, 15) is 5.11 Å². The van der Waals surface area contributed by atoms with Crippen LogP contribution in [0.3, 0.4) is 0 Å². The topological polar surface area (TPSA) is 69.7 Å². The molecule has 1 N–H and O–H groups in total. The highest BCUT2D eigenvalue weighted by molar-refractivity contribution is 5.18. The van der Waals surface area contributed by atoms with Crippen LogP contribution in [0.4, 0.5) is 0 Å². The molecule has 3 heterocycles. The third-order valence-corrected chi connectivity index (χ3v) is 4.83. The van der Waals surface area contributed by atoms with Gasteiger partial charge in [-0.3, -0.25) is 0 Å². The SMILES string of the molecule is CC1(C)O[C@@H]2[C@H](O1)[C@H](O)[C@@]1(CO1)[C@H]1COC(C)(C)O[C@@H]21. The van der Waals surface area contributed by atoms with Gasteiger partial charge < -0.3 is 28.8 Å². The van der Waals surface area contributed by atoms with E-state index in [0.717, 1.165) is 0 Å². The zero-order valence-corrected chi connectivity index (χ0v) is 12.3. The molecule has 3 saturated heterocycles. The summed E-state index contributed by atoms with van der Waals surface area (Å²) in [5.74, 6) is -1.39. The highest BCUT2D eigenvalue weighted by Crippen LogP contribution is 2.54. The van der Waals surface area contributed by atoms with Crippen LogP contribution in [0.15, 0.2) is 0 Å². The number of epoxide rings is 1. The number of aliphatic hydroxyl groups is 1. The zero-order chi connectivity index (χ0) is 14.3. The number of fused-ring (bicyclic) bond motifs is 4. The maximum Gasteiger partial charge on any atom is 0.164 e. The van der Waals surface area contributed by atoms with Crippen LogP contribution in [0.1, 0.15) is 27.7 Å². The summed E-state index contributed by atoms with van der Waals surface area (Å²) in [6.45, 7) is 8.53. The molecule has 6 nitrogen and oxygen atoms in total. The third kappa shape index (κ3) is 1.73. The van der Waals surface area contributed by atoms with Crippen molar-refractivity contribution in [2.24, 2.45) is 5.92 Å². The van der Waals surface area contributed by atoms with Crippen molar-refractivity contribution < 1.29 is 28.8 Å². The summed E-state index contributed by atoms with van der Waals surface area (Å²) in [5.41, 5.74) is -0.591. The molecular weight excluding hydrogens is 264 g/mol. The van der Waals surface area contributed by atoms with Crippen molar-refractivity contribution in [1.29, 1.82) is 0 Å². The first kappa shape index (κ1) is 13.4. The molecule has 0 aromatic carbocycles. The van der Waals surface area contributed by atoms with E-state index in [0.29, 0.717) is 13.2 Å². The lowest BCUT2D eigenvalue weighted by Crippen LogP contribution is -2.67. The number of hydrogen-bond acceptors (Lipinski definition) is 6.